The smallest absolute Gasteiger partial charge is 0.341 e. The van der Waals surface area contributed by atoms with Crippen LogP contribution < -0.4 is 5.56 Å². The molecule has 2 aromatic rings. The molecule has 0 unspecified atom stereocenters. The van der Waals surface area contributed by atoms with Gasteiger partial charge in [-0.05, 0) is 55.3 Å². The van der Waals surface area contributed by atoms with Gasteiger partial charge in [-0.15, -0.1) is 11.3 Å². The predicted octanol–water partition coefficient (Wildman–Crippen LogP) is 4.28. The summed E-state index contributed by atoms with van der Waals surface area (Å²) in [5, 5.41) is 10.5. The summed E-state index contributed by atoms with van der Waals surface area (Å²) in [7, 11) is 0. The van der Waals surface area contributed by atoms with Crippen LogP contribution in [0, 0.1) is 16.1 Å². The number of ether oxygens (including phenoxy) is 1. The van der Waals surface area contributed by atoms with Gasteiger partial charge in [0.2, 0.25) is 5.88 Å². The van der Waals surface area contributed by atoms with E-state index in [0.717, 1.165) is 29.7 Å². The van der Waals surface area contributed by atoms with Gasteiger partial charge in [0.05, 0.1) is 12.2 Å². The number of aromatic nitrogens is 2. The summed E-state index contributed by atoms with van der Waals surface area (Å²) >= 11 is 6.28. The monoisotopic (exact) mass is 435 g/mol. The van der Waals surface area contributed by atoms with Crippen LogP contribution in [0.25, 0.3) is 0 Å². The van der Waals surface area contributed by atoms with Crippen LogP contribution in [0.4, 0.5) is 5.00 Å². The molecule has 29 heavy (non-hydrogen) atoms. The van der Waals surface area contributed by atoms with Crippen molar-refractivity contribution in [2.45, 2.75) is 47.0 Å². The van der Waals surface area contributed by atoms with E-state index in [1.807, 2.05) is 0 Å². The Morgan fingerprint density at radius 3 is 2.76 bits per heavy atom. The molecule has 1 aliphatic carbocycles. The van der Waals surface area contributed by atoms with Gasteiger partial charge in [-0.1, -0.05) is 20.8 Å². The molecule has 0 aliphatic heterocycles. The molecule has 7 nitrogen and oxygen atoms in total. The van der Waals surface area contributed by atoms with Crippen molar-refractivity contribution in [2.24, 2.45) is 16.3 Å². The Kier molecular flexibility index (Phi) is 6.09. The molecule has 0 saturated carbocycles. The molecule has 0 spiro atoms. The average molecular weight is 436 g/mol. The highest BCUT2D eigenvalue weighted by Crippen LogP contribution is 2.45. The van der Waals surface area contributed by atoms with E-state index in [0.29, 0.717) is 16.5 Å². The molecule has 0 fully saturated rings. The molecule has 1 atom stereocenters. The van der Waals surface area contributed by atoms with Crippen LogP contribution in [0.2, 0.25) is 0 Å². The molecule has 0 radical (unpaired) electrons. The highest BCUT2D eigenvalue weighted by Gasteiger charge is 2.34. The van der Waals surface area contributed by atoms with Gasteiger partial charge in [-0.3, -0.25) is 9.78 Å². The van der Waals surface area contributed by atoms with Gasteiger partial charge in [0.25, 0.3) is 5.56 Å². The number of fused-ring (bicyclic) bond motifs is 1. The Hall–Kier alpha value is -2.26. The summed E-state index contributed by atoms with van der Waals surface area (Å²) in [6.45, 7) is 8.73. The van der Waals surface area contributed by atoms with Gasteiger partial charge < -0.3 is 14.8 Å². The normalized spacial score (nSPS) is 16.8. The highest BCUT2D eigenvalue weighted by molar-refractivity contribution is 7.71. The van der Waals surface area contributed by atoms with Crippen molar-refractivity contribution < 1.29 is 14.6 Å². The number of hydrogen-bond acceptors (Lipinski definition) is 7. The number of nitrogens with one attached hydrogen (secondary N) is 2. The second kappa shape index (κ2) is 8.23. The first kappa shape index (κ1) is 21.4. The topological polar surface area (TPSA) is 108 Å². The van der Waals surface area contributed by atoms with Crippen molar-refractivity contribution >= 4 is 40.7 Å². The van der Waals surface area contributed by atoms with Crippen LogP contribution in [0.15, 0.2) is 9.79 Å². The maximum absolute atomic E-state index is 12.6. The minimum absolute atomic E-state index is 0.0247. The summed E-state index contributed by atoms with van der Waals surface area (Å²) in [5.74, 6) is -0.257. The summed E-state index contributed by atoms with van der Waals surface area (Å²) in [6, 6.07) is 0. The van der Waals surface area contributed by atoms with E-state index in [9.17, 15) is 14.7 Å². The number of carbonyl (C=O) groups excluding carboxylic acids is 1. The molecular formula is C20H25N3O4S2. The molecule has 0 amide bonds. The van der Waals surface area contributed by atoms with E-state index >= 15 is 0 Å². The second-order valence-electron chi connectivity index (χ2n) is 8.14. The third-order valence-electron chi connectivity index (χ3n) is 5.22. The fourth-order valence-electron chi connectivity index (χ4n) is 3.54. The summed E-state index contributed by atoms with van der Waals surface area (Å²) in [6.07, 6.45) is 3.93. The standard InChI is InChI=1S/C20H25N3O4S2/c1-5-27-18(26)14-11-7-6-10(20(2,3)4)8-13(11)29-17(14)21-9-12-15(24)22-19(28)23-16(12)25/h9-10H,5-8H2,1-4H3,(H3,22,23,24,25,28)/t10-/m1/s1. The van der Waals surface area contributed by atoms with Crippen LogP contribution in [-0.2, 0) is 17.6 Å². The fraction of sp³-hybridized carbons (Fsp3) is 0.500. The average Bonchev–Trinajstić information content (AvgIpc) is 2.97. The Morgan fingerprint density at radius 1 is 1.41 bits per heavy atom. The SMILES string of the molecule is CCOC(=O)c1c(N=Cc2c(O)[nH]c(=S)[nH]c2=O)sc2c1CC[C@@H](C(C)(C)C)C2. The lowest BCUT2D eigenvalue weighted by Crippen LogP contribution is -2.26. The zero-order valence-corrected chi connectivity index (χ0v) is 18.6. The van der Waals surface area contributed by atoms with Crippen LogP contribution >= 0.6 is 23.6 Å². The lowest BCUT2D eigenvalue weighted by Gasteiger charge is -2.33. The number of hydrogen-bond donors (Lipinski definition) is 3. The lowest BCUT2D eigenvalue weighted by molar-refractivity contribution is 0.0526. The number of thiophene rings is 1. The number of aromatic amines is 2. The van der Waals surface area contributed by atoms with Crippen molar-refractivity contribution in [3.05, 3.63) is 36.7 Å². The van der Waals surface area contributed by atoms with Crippen LogP contribution in [0.5, 0.6) is 5.88 Å². The van der Waals surface area contributed by atoms with Gasteiger partial charge in [-0.2, -0.15) is 0 Å². The summed E-state index contributed by atoms with van der Waals surface area (Å²) in [4.78, 5) is 35.1. The predicted molar refractivity (Wildman–Crippen MR) is 116 cm³/mol. The molecule has 0 saturated heterocycles. The first-order valence-electron chi connectivity index (χ1n) is 9.53. The first-order valence-corrected chi connectivity index (χ1v) is 10.8. The number of aliphatic imine (C=N–C) groups is 1. The van der Waals surface area contributed by atoms with Crippen molar-refractivity contribution in [1.82, 2.24) is 9.97 Å². The van der Waals surface area contributed by atoms with Crippen LogP contribution in [0.1, 0.15) is 60.5 Å². The molecule has 0 aromatic carbocycles. The number of aromatic hydroxyl groups is 1. The molecule has 2 heterocycles. The van der Waals surface area contributed by atoms with Crippen molar-refractivity contribution in [2.75, 3.05) is 6.61 Å². The van der Waals surface area contributed by atoms with E-state index in [4.69, 9.17) is 17.0 Å². The number of H-pyrrole nitrogens is 2. The molecule has 156 valence electrons. The number of nitrogens with zero attached hydrogens (tertiary/aromatic N) is 1. The van der Waals surface area contributed by atoms with Gasteiger partial charge in [0, 0.05) is 11.1 Å². The van der Waals surface area contributed by atoms with E-state index in [1.165, 1.54) is 17.6 Å². The van der Waals surface area contributed by atoms with Gasteiger partial charge in [0.1, 0.15) is 10.6 Å². The van der Waals surface area contributed by atoms with Gasteiger partial charge in [-0.25, -0.2) is 9.79 Å². The maximum atomic E-state index is 12.6. The van der Waals surface area contributed by atoms with Gasteiger partial charge >= 0.3 is 5.97 Å². The quantitative estimate of drug-likeness (QED) is 0.377. The Balaban J connectivity index is 2.05. The zero-order chi connectivity index (χ0) is 21.3. The maximum Gasteiger partial charge on any atom is 0.341 e. The molecule has 3 N–H and O–H groups in total. The summed E-state index contributed by atoms with van der Waals surface area (Å²) in [5.41, 5.74) is 1.03. The van der Waals surface area contributed by atoms with Gasteiger partial charge in [0.15, 0.2) is 4.77 Å². The molecule has 9 heteroatoms. The molecule has 1 aliphatic rings. The number of carbonyl (C=O) groups is 1. The third-order valence-corrected chi connectivity index (χ3v) is 6.59. The third kappa shape index (κ3) is 4.51. The Morgan fingerprint density at radius 2 is 2.14 bits per heavy atom. The molecule has 3 rings (SSSR count). The first-order chi connectivity index (χ1) is 13.6. The number of esters is 1. The van der Waals surface area contributed by atoms with Crippen molar-refractivity contribution in [1.29, 1.82) is 0 Å². The fourth-order valence-corrected chi connectivity index (χ4v) is 4.99. The minimum atomic E-state index is -0.554. The summed E-state index contributed by atoms with van der Waals surface area (Å²) < 4.78 is 5.28. The minimum Gasteiger partial charge on any atom is -0.494 e. The van der Waals surface area contributed by atoms with Crippen LogP contribution in [0.3, 0.4) is 0 Å². The molecular weight excluding hydrogens is 410 g/mol. The Labute approximate surface area is 177 Å². The van der Waals surface area contributed by atoms with E-state index in [-0.39, 0.29) is 28.2 Å². The van der Waals surface area contributed by atoms with E-state index in [2.05, 4.69) is 35.7 Å². The van der Waals surface area contributed by atoms with Crippen molar-refractivity contribution in [3.63, 3.8) is 0 Å². The molecule has 0 bridgehead atoms. The zero-order valence-electron chi connectivity index (χ0n) is 16.9. The lowest BCUT2D eigenvalue weighted by atomic mass is 9.72. The van der Waals surface area contributed by atoms with Crippen molar-refractivity contribution in [3.8, 4) is 5.88 Å². The number of rotatable bonds is 4. The second-order valence-corrected chi connectivity index (χ2v) is 9.63. The Bertz CT molecular complexity index is 1070. The largest absolute Gasteiger partial charge is 0.494 e. The van der Waals surface area contributed by atoms with Crippen LogP contribution in [-0.4, -0.2) is 33.9 Å². The molecule has 2 aromatic heterocycles. The highest BCUT2D eigenvalue weighted by atomic mass is 32.1. The van der Waals surface area contributed by atoms with E-state index in [1.54, 1.807) is 6.92 Å². The van der Waals surface area contributed by atoms with E-state index < -0.39 is 11.5 Å².